The minimum Gasteiger partial charge on any atom is -0.465 e. The van der Waals surface area contributed by atoms with E-state index in [0.29, 0.717) is 24.2 Å². The van der Waals surface area contributed by atoms with Crippen LogP contribution in [-0.2, 0) is 11.8 Å². The van der Waals surface area contributed by atoms with E-state index < -0.39 is 6.09 Å². The van der Waals surface area contributed by atoms with Crippen molar-refractivity contribution in [2.75, 3.05) is 11.4 Å². The van der Waals surface area contributed by atoms with E-state index in [-0.39, 0.29) is 11.2 Å². The first kappa shape index (κ1) is 16.0. The van der Waals surface area contributed by atoms with E-state index in [1.165, 1.54) is 17.0 Å². The van der Waals surface area contributed by atoms with E-state index in [0.717, 1.165) is 16.7 Å². The Kier molecular flexibility index (Phi) is 3.76. The molecule has 2 aromatic carbocycles. The van der Waals surface area contributed by atoms with E-state index >= 15 is 0 Å². The zero-order valence-corrected chi connectivity index (χ0v) is 13.5. The van der Waals surface area contributed by atoms with E-state index in [1.54, 1.807) is 24.3 Å². The van der Waals surface area contributed by atoms with Crippen molar-refractivity contribution in [3.8, 4) is 6.07 Å². The molecule has 0 saturated heterocycles. The molecule has 1 heterocycles. The smallest absolute Gasteiger partial charge is 0.411 e. The number of amides is 1. The minimum absolute atomic E-state index is 0.313. The fourth-order valence-corrected chi connectivity index (χ4v) is 3.21. The van der Waals surface area contributed by atoms with Crippen LogP contribution in [-0.4, -0.2) is 17.7 Å². The van der Waals surface area contributed by atoms with E-state index in [2.05, 4.69) is 6.07 Å². The van der Waals surface area contributed by atoms with Gasteiger partial charge in [-0.2, -0.15) is 5.26 Å². The number of benzene rings is 2. The third-order valence-electron chi connectivity index (χ3n) is 4.45. The maximum Gasteiger partial charge on any atom is 0.411 e. The molecule has 2 aromatic rings. The van der Waals surface area contributed by atoms with Crippen molar-refractivity contribution in [3.05, 3.63) is 64.5 Å². The predicted molar refractivity (Wildman–Crippen MR) is 88.8 cm³/mol. The molecule has 0 saturated carbocycles. The summed E-state index contributed by atoms with van der Waals surface area (Å²) in [4.78, 5) is 12.9. The van der Waals surface area contributed by atoms with Crippen LogP contribution < -0.4 is 4.90 Å². The third-order valence-corrected chi connectivity index (χ3v) is 4.45. The van der Waals surface area contributed by atoms with Crippen LogP contribution in [0.25, 0.3) is 0 Å². The number of nitriles is 1. The van der Waals surface area contributed by atoms with Crippen molar-refractivity contribution >= 4 is 11.8 Å². The molecule has 24 heavy (non-hydrogen) atoms. The number of carbonyl (C=O) groups is 1. The van der Waals surface area contributed by atoms with Crippen molar-refractivity contribution in [3.63, 3.8) is 0 Å². The summed E-state index contributed by atoms with van der Waals surface area (Å²) in [6.07, 6.45) is -0.552. The van der Waals surface area contributed by atoms with Crippen LogP contribution in [0.15, 0.2) is 36.4 Å². The lowest BCUT2D eigenvalue weighted by Crippen LogP contribution is -2.32. The Hall–Kier alpha value is -2.87. The Balaban J connectivity index is 2.08. The molecule has 1 aliphatic heterocycles. The van der Waals surface area contributed by atoms with Gasteiger partial charge < -0.3 is 5.11 Å². The standard InChI is InChI=1S/C19H17FN2O2/c1-19(2)11-22(18(23)24)17-9-13(14(10-21)8-16(17)19)7-12-3-5-15(20)6-4-12/h3-6,8-9H,7,11H2,1-2H3,(H,23,24). The Morgan fingerprint density at radius 2 is 2.00 bits per heavy atom. The maximum atomic E-state index is 13.1. The van der Waals surface area contributed by atoms with Crippen LogP contribution >= 0.6 is 0 Å². The van der Waals surface area contributed by atoms with Gasteiger partial charge in [-0.3, -0.25) is 4.90 Å². The van der Waals surface area contributed by atoms with Gasteiger partial charge >= 0.3 is 6.09 Å². The van der Waals surface area contributed by atoms with Crippen LogP contribution in [0, 0.1) is 17.1 Å². The lowest BCUT2D eigenvalue weighted by Gasteiger charge is -2.18. The molecule has 0 bridgehead atoms. The van der Waals surface area contributed by atoms with Gasteiger partial charge in [0.1, 0.15) is 5.82 Å². The van der Waals surface area contributed by atoms with Crippen LogP contribution in [0.5, 0.6) is 0 Å². The topological polar surface area (TPSA) is 64.3 Å². The fourth-order valence-electron chi connectivity index (χ4n) is 3.21. The predicted octanol–water partition coefficient (Wildman–Crippen LogP) is 4.06. The Morgan fingerprint density at radius 3 is 2.58 bits per heavy atom. The zero-order valence-electron chi connectivity index (χ0n) is 13.5. The molecule has 0 spiro atoms. The summed E-state index contributed by atoms with van der Waals surface area (Å²) >= 11 is 0. The van der Waals surface area contributed by atoms with Gasteiger partial charge in [-0.15, -0.1) is 0 Å². The van der Waals surface area contributed by atoms with Gasteiger partial charge in [0.05, 0.1) is 17.3 Å². The summed E-state index contributed by atoms with van der Waals surface area (Å²) in [5.74, 6) is -0.313. The van der Waals surface area contributed by atoms with Crippen LogP contribution in [0.1, 0.15) is 36.1 Å². The summed E-state index contributed by atoms with van der Waals surface area (Å²) in [6, 6.07) is 11.9. The van der Waals surface area contributed by atoms with Crippen LogP contribution in [0.2, 0.25) is 0 Å². The molecule has 0 atom stereocenters. The summed E-state index contributed by atoms with van der Waals surface area (Å²) in [5.41, 5.74) is 3.29. The van der Waals surface area contributed by atoms with Crippen LogP contribution in [0.3, 0.4) is 0 Å². The molecule has 0 aliphatic carbocycles. The minimum atomic E-state index is -1.00. The maximum absolute atomic E-state index is 13.1. The molecule has 0 radical (unpaired) electrons. The highest BCUT2D eigenvalue weighted by molar-refractivity contribution is 5.90. The SMILES string of the molecule is CC1(C)CN(C(=O)O)c2cc(Cc3ccc(F)cc3)c(C#N)cc21. The van der Waals surface area contributed by atoms with Crippen molar-refractivity contribution < 1.29 is 14.3 Å². The molecule has 0 aromatic heterocycles. The summed E-state index contributed by atoms with van der Waals surface area (Å²) in [7, 11) is 0. The van der Waals surface area contributed by atoms with Gasteiger partial charge in [-0.25, -0.2) is 9.18 Å². The highest BCUT2D eigenvalue weighted by Crippen LogP contribution is 2.42. The average molecular weight is 324 g/mol. The molecule has 3 rings (SSSR count). The number of anilines is 1. The first-order valence-corrected chi connectivity index (χ1v) is 7.64. The summed E-state index contributed by atoms with van der Waals surface area (Å²) in [6.45, 7) is 4.30. The first-order chi connectivity index (χ1) is 11.3. The number of carboxylic acid groups (broad SMARTS) is 1. The van der Waals surface area contributed by atoms with E-state index in [4.69, 9.17) is 0 Å². The number of rotatable bonds is 2. The fraction of sp³-hybridized carbons (Fsp3) is 0.263. The molecule has 0 unspecified atom stereocenters. The van der Waals surface area contributed by atoms with Gasteiger partial charge in [0, 0.05) is 12.0 Å². The number of halogens is 1. The Morgan fingerprint density at radius 1 is 1.33 bits per heavy atom. The second-order valence-corrected chi connectivity index (χ2v) is 6.69. The van der Waals surface area contributed by atoms with Gasteiger partial charge in [0.25, 0.3) is 0 Å². The van der Waals surface area contributed by atoms with Gasteiger partial charge in [-0.1, -0.05) is 26.0 Å². The lowest BCUT2D eigenvalue weighted by molar-refractivity contribution is 0.201. The second-order valence-electron chi connectivity index (χ2n) is 6.69. The Labute approximate surface area is 139 Å². The Bertz CT molecular complexity index is 851. The highest BCUT2D eigenvalue weighted by atomic mass is 19.1. The number of hydrogen-bond donors (Lipinski definition) is 1. The number of fused-ring (bicyclic) bond motifs is 1. The largest absolute Gasteiger partial charge is 0.465 e. The second kappa shape index (κ2) is 5.64. The number of hydrogen-bond acceptors (Lipinski definition) is 2. The lowest BCUT2D eigenvalue weighted by atomic mass is 9.84. The molecule has 1 aliphatic rings. The van der Waals surface area contributed by atoms with Crippen molar-refractivity contribution in [1.82, 2.24) is 0 Å². The van der Waals surface area contributed by atoms with Crippen molar-refractivity contribution in [2.24, 2.45) is 0 Å². The zero-order chi connectivity index (χ0) is 17.5. The molecular weight excluding hydrogens is 307 g/mol. The third kappa shape index (κ3) is 2.71. The molecule has 5 heteroatoms. The molecule has 1 N–H and O–H groups in total. The molecule has 122 valence electrons. The van der Waals surface area contributed by atoms with E-state index in [9.17, 15) is 19.6 Å². The quantitative estimate of drug-likeness (QED) is 0.906. The summed E-state index contributed by atoms with van der Waals surface area (Å²) in [5, 5.41) is 18.9. The molecule has 0 fully saturated rings. The highest BCUT2D eigenvalue weighted by Gasteiger charge is 2.38. The average Bonchev–Trinajstić information content (AvgIpc) is 2.80. The molecule has 4 nitrogen and oxygen atoms in total. The first-order valence-electron chi connectivity index (χ1n) is 7.64. The van der Waals surface area contributed by atoms with Gasteiger partial charge in [0.15, 0.2) is 0 Å². The van der Waals surface area contributed by atoms with Crippen molar-refractivity contribution in [1.29, 1.82) is 5.26 Å². The van der Waals surface area contributed by atoms with E-state index in [1.807, 2.05) is 13.8 Å². The molecular formula is C19H17FN2O2. The molecule has 1 amide bonds. The van der Waals surface area contributed by atoms with Gasteiger partial charge in [-0.05, 0) is 47.4 Å². The number of nitrogens with zero attached hydrogens (tertiary/aromatic N) is 2. The van der Waals surface area contributed by atoms with Crippen LogP contribution in [0.4, 0.5) is 14.9 Å². The summed E-state index contributed by atoms with van der Waals surface area (Å²) < 4.78 is 13.1. The monoisotopic (exact) mass is 324 g/mol. The van der Waals surface area contributed by atoms with Gasteiger partial charge in [0.2, 0.25) is 0 Å². The van der Waals surface area contributed by atoms with Crippen molar-refractivity contribution in [2.45, 2.75) is 25.7 Å². The normalized spacial score (nSPS) is 15.0.